The maximum atomic E-state index is 11.0. The van der Waals surface area contributed by atoms with Crippen LogP contribution in [0.25, 0.3) is 0 Å². The van der Waals surface area contributed by atoms with Crippen LogP contribution in [-0.4, -0.2) is 16.7 Å². The molecule has 5 heteroatoms. The maximum Gasteiger partial charge on any atom is 0.303 e. The molecule has 1 heterocycles. The molecule has 2 unspecified atom stereocenters. The zero-order valence-electron chi connectivity index (χ0n) is 15.8. The quantitative estimate of drug-likeness (QED) is 0.745. The molecule has 0 amide bonds. The zero-order valence-corrected chi connectivity index (χ0v) is 16.5. The van der Waals surface area contributed by atoms with Gasteiger partial charge in [0.15, 0.2) is 0 Å². The van der Waals surface area contributed by atoms with Gasteiger partial charge in [0.1, 0.15) is 18.0 Å². The van der Waals surface area contributed by atoms with Gasteiger partial charge in [-0.3, -0.25) is 4.79 Å². The van der Waals surface area contributed by atoms with E-state index in [9.17, 15) is 4.79 Å². The van der Waals surface area contributed by atoms with E-state index in [1.54, 1.807) is 0 Å². The van der Waals surface area contributed by atoms with E-state index >= 15 is 0 Å². The van der Waals surface area contributed by atoms with Crippen molar-refractivity contribution in [1.29, 1.82) is 0 Å². The number of carboxylic acid groups (broad SMARTS) is 1. The van der Waals surface area contributed by atoms with Gasteiger partial charge in [0, 0.05) is 23.4 Å². The molecule has 3 aliphatic rings. The molecular weight excluding hydrogens is 364 g/mol. The summed E-state index contributed by atoms with van der Waals surface area (Å²) in [6, 6.07) is 3.90. The summed E-state index contributed by atoms with van der Waals surface area (Å²) in [5.74, 6) is 1.72. The van der Waals surface area contributed by atoms with E-state index in [1.807, 2.05) is 18.2 Å². The number of allylic oxidation sites excluding steroid dienone is 4. The summed E-state index contributed by atoms with van der Waals surface area (Å²) >= 11 is 6.29. The Morgan fingerprint density at radius 3 is 2.93 bits per heavy atom. The normalized spacial score (nSPS) is 25.1. The summed E-state index contributed by atoms with van der Waals surface area (Å²) in [5, 5.41) is 9.78. The molecule has 2 atom stereocenters. The molecule has 27 heavy (non-hydrogen) atoms. The molecule has 144 valence electrons. The number of hydrogen-bond donors (Lipinski definition) is 1. The SMILES string of the molecule is CC1(C)Cc2cc(Cl)cc(COC3=CC=C4C(CC(=O)O)CCC4C3)c2O1. The van der Waals surface area contributed by atoms with Gasteiger partial charge in [0.2, 0.25) is 0 Å². The van der Waals surface area contributed by atoms with Gasteiger partial charge in [0.25, 0.3) is 0 Å². The van der Waals surface area contributed by atoms with Crippen molar-refractivity contribution >= 4 is 17.6 Å². The third kappa shape index (κ3) is 3.86. The average Bonchev–Trinajstić information content (AvgIpc) is 3.11. The fourth-order valence-electron chi connectivity index (χ4n) is 4.62. The molecule has 1 aromatic carbocycles. The lowest BCUT2D eigenvalue weighted by Gasteiger charge is -2.22. The first-order valence-corrected chi connectivity index (χ1v) is 9.94. The molecule has 0 radical (unpaired) electrons. The predicted octanol–water partition coefficient (Wildman–Crippen LogP) is 5.29. The van der Waals surface area contributed by atoms with E-state index in [4.69, 9.17) is 26.2 Å². The second kappa shape index (κ2) is 6.90. The first kappa shape index (κ1) is 18.4. The number of aliphatic carboxylic acids is 1. The Kier molecular flexibility index (Phi) is 4.71. The fraction of sp³-hybridized carbons (Fsp3) is 0.500. The summed E-state index contributed by atoms with van der Waals surface area (Å²) in [6.07, 6.45) is 7.99. The first-order chi connectivity index (χ1) is 12.8. The van der Waals surface area contributed by atoms with Gasteiger partial charge in [0.05, 0.1) is 12.2 Å². The predicted molar refractivity (Wildman–Crippen MR) is 104 cm³/mol. The van der Waals surface area contributed by atoms with Gasteiger partial charge in [-0.15, -0.1) is 0 Å². The Morgan fingerprint density at radius 1 is 1.33 bits per heavy atom. The molecule has 2 aliphatic carbocycles. The molecule has 0 bridgehead atoms. The van der Waals surface area contributed by atoms with Gasteiger partial charge in [-0.25, -0.2) is 0 Å². The molecule has 1 aromatic rings. The number of carbonyl (C=O) groups is 1. The van der Waals surface area contributed by atoms with Crippen LogP contribution in [0.5, 0.6) is 5.75 Å². The summed E-state index contributed by atoms with van der Waals surface area (Å²) in [6.45, 7) is 4.59. The van der Waals surface area contributed by atoms with Crippen LogP contribution in [0.4, 0.5) is 0 Å². The summed E-state index contributed by atoms with van der Waals surface area (Å²) in [4.78, 5) is 11.0. The van der Waals surface area contributed by atoms with Crippen molar-refractivity contribution in [1.82, 2.24) is 0 Å². The molecule has 1 saturated carbocycles. The Labute approximate surface area is 164 Å². The molecule has 0 spiro atoms. The second-order valence-corrected chi connectivity index (χ2v) is 8.89. The van der Waals surface area contributed by atoms with Crippen molar-refractivity contribution in [3.63, 3.8) is 0 Å². The second-order valence-electron chi connectivity index (χ2n) is 8.45. The van der Waals surface area contributed by atoms with Crippen LogP contribution in [0.15, 0.2) is 35.6 Å². The van der Waals surface area contributed by atoms with Crippen molar-refractivity contribution < 1.29 is 19.4 Å². The minimum Gasteiger partial charge on any atom is -0.493 e. The minimum atomic E-state index is -0.717. The van der Waals surface area contributed by atoms with Gasteiger partial charge in [-0.1, -0.05) is 23.3 Å². The van der Waals surface area contributed by atoms with E-state index in [2.05, 4.69) is 19.9 Å². The number of hydrogen-bond acceptors (Lipinski definition) is 3. The average molecular weight is 389 g/mol. The Morgan fingerprint density at radius 2 is 2.15 bits per heavy atom. The number of carboxylic acids is 1. The summed E-state index contributed by atoms with van der Waals surface area (Å²) in [7, 11) is 0. The van der Waals surface area contributed by atoms with Gasteiger partial charge in [-0.05, 0) is 62.3 Å². The molecule has 1 fully saturated rings. The highest BCUT2D eigenvalue weighted by atomic mass is 35.5. The lowest BCUT2D eigenvalue weighted by atomic mass is 9.88. The molecule has 0 aromatic heterocycles. The summed E-state index contributed by atoms with van der Waals surface area (Å²) < 4.78 is 12.2. The lowest BCUT2D eigenvalue weighted by Crippen LogP contribution is -2.24. The lowest BCUT2D eigenvalue weighted by molar-refractivity contribution is -0.137. The molecule has 1 N–H and O–H groups in total. The van der Waals surface area contributed by atoms with Gasteiger partial charge in [-0.2, -0.15) is 0 Å². The van der Waals surface area contributed by atoms with Crippen molar-refractivity contribution in [3.8, 4) is 5.75 Å². The minimum absolute atomic E-state index is 0.178. The number of ether oxygens (including phenoxy) is 2. The van der Waals surface area contributed by atoms with Crippen molar-refractivity contribution in [2.75, 3.05) is 0 Å². The molecule has 0 saturated heterocycles. The van der Waals surface area contributed by atoms with Crippen LogP contribution < -0.4 is 4.74 Å². The van der Waals surface area contributed by atoms with Crippen LogP contribution in [0, 0.1) is 11.8 Å². The van der Waals surface area contributed by atoms with Crippen LogP contribution in [0.3, 0.4) is 0 Å². The van der Waals surface area contributed by atoms with Crippen LogP contribution in [0.1, 0.15) is 50.7 Å². The van der Waals surface area contributed by atoms with E-state index in [1.165, 1.54) is 5.57 Å². The highest BCUT2D eigenvalue weighted by Gasteiger charge is 2.35. The van der Waals surface area contributed by atoms with Crippen molar-refractivity contribution in [2.45, 2.75) is 58.2 Å². The van der Waals surface area contributed by atoms with E-state index in [0.29, 0.717) is 17.5 Å². The molecule has 1 aliphatic heterocycles. The summed E-state index contributed by atoms with van der Waals surface area (Å²) in [5.41, 5.74) is 3.18. The number of fused-ring (bicyclic) bond motifs is 2. The van der Waals surface area contributed by atoms with Gasteiger partial charge >= 0.3 is 5.97 Å². The van der Waals surface area contributed by atoms with Crippen LogP contribution in [0.2, 0.25) is 5.02 Å². The largest absolute Gasteiger partial charge is 0.493 e. The molecular formula is C22H25ClO4. The van der Waals surface area contributed by atoms with E-state index in [0.717, 1.165) is 48.3 Å². The Bertz CT molecular complexity index is 837. The maximum absolute atomic E-state index is 11.0. The zero-order chi connectivity index (χ0) is 19.2. The Balaban J connectivity index is 1.46. The molecule has 4 nitrogen and oxygen atoms in total. The smallest absolute Gasteiger partial charge is 0.303 e. The topological polar surface area (TPSA) is 55.8 Å². The third-order valence-corrected chi connectivity index (χ3v) is 5.97. The standard InChI is InChI=1S/C22H25ClO4/c1-22(2)11-15-7-17(23)8-16(21(15)27-22)12-26-18-5-6-19-13(9-18)3-4-14(19)10-20(24)25/h5-8,13-14H,3-4,9-12H2,1-2H3,(H,24,25). The number of halogens is 1. The molecule has 4 rings (SSSR count). The van der Waals surface area contributed by atoms with Crippen LogP contribution in [-0.2, 0) is 22.6 Å². The third-order valence-electron chi connectivity index (χ3n) is 5.75. The fourth-order valence-corrected chi connectivity index (χ4v) is 4.89. The van der Waals surface area contributed by atoms with E-state index in [-0.39, 0.29) is 17.9 Å². The Hall–Kier alpha value is -1.94. The first-order valence-electron chi connectivity index (χ1n) is 9.56. The van der Waals surface area contributed by atoms with Crippen molar-refractivity contribution in [2.24, 2.45) is 11.8 Å². The highest BCUT2D eigenvalue weighted by molar-refractivity contribution is 6.30. The van der Waals surface area contributed by atoms with E-state index < -0.39 is 5.97 Å². The highest BCUT2D eigenvalue weighted by Crippen LogP contribution is 2.45. The van der Waals surface area contributed by atoms with Crippen molar-refractivity contribution in [3.05, 3.63) is 51.8 Å². The van der Waals surface area contributed by atoms with Gasteiger partial charge < -0.3 is 14.6 Å². The number of rotatable bonds is 5. The monoisotopic (exact) mass is 388 g/mol. The number of benzene rings is 1. The van der Waals surface area contributed by atoms with Crippen LogP contribution >= 0.6 is 11.6 Å².